The van der Waals surface area contributed by atoms with E-state index in [9.17, 15) is 14.9 Å². The molecule has 1 atom stereocenters. The lowest BCUT2D eigenvalue weighted by Gasteiger charge is -2.17. The number of halogens is 1. The van der Waals surface area contributed by atoms with E-state index in [1.54, 1.807) is 18.2 Å². The maximum Gasteiger partial charge on any atom is 0.324 e. The molecule has 1 aromatic carbocycles. The zero-order valence-corrected chi connectivity index (χ0v) is 16.2. The highest BCUT2D eigenvalue weighted by molar-refractivity contribution is 9.10. The highest BCUT2D eigenvalue weighted by Gasteiger charge is 2.36. The van der Waals surface area contributed by atoms with Crippen molar-refractivity contribution in [2.24, 2.45) is 5.10 Å². The van der Waals surface area contributed by atoms with E-state index in [4.69, 9.17) is 9.47 Å². The van der Waals surface area contributed by atoms with Crippen molar-refractivity contribution in [1.82, 2.24) is 5.01 Å². The zero-order chi connectivity index (χ0) is 18.8. The molecule has 0 unspecified atom stereocenters. The van der Waals surface area contributed by atoms with Crippen LogP contribution in [0.4, 0.5) is 5.00 Å². The summed E-state index contributed by atoms with van der Waals surface area (Å²) in [6.07, 6.45) is -0.852. The van der Waals surface area contributed by atoms with Gasteiger partial charge >= 0.3 is 5.00 Å². The van der Waals surface area contributed by atoms with E-state index >= 15 is 0 Å². The molecule has 2 aromatic rings. The standard InChI is InChI=1S/C16H14BrN3O5S/c1-3-24-12-5-4-10(17)8-11(12)15-18-19(9(2)21)16(25-15)13-6-7-14(26-13)20(22)23/h4-8,16H,3H2,1-2H3/t16-/m1/s1. The first kappa shape index (κ1) is 18.3. The molecule has 0 radical (unpaired) electrons. The molecule has 136 valence electrons. The molecule has 1 amide bonds. The number of nitro groups is 1. The number of ether oxygens (including phenoxy) is 2. The molecule has 1 aromatic heterocycles. The molecule has 3 rings (SSSR count). The summed E-state index contributed by atoms with van der Waals surface area (Å²) in [5, 5.41) is 16.3. The number of hydrogen-bond donors (Lipinski definition) is 0. The summed E-state index contributed by atoms with van der Waals surface area (Å²) in [4.78, 5) is 23.0. The van der Waals surface area contributed by atoms with Crippen LogP contribution >= 0.6 is 27.3 Å². The summed E-state index contributed by atoms with van der Waals surface area (Å²) < 4.78 is 12.3. The predicted molar refractivity (Wildman–Crippen MR) is 99.2 cm³/mol. The van der Waals surface area contributed by atoms with E-state index in [1.807, 2.05) is 13.0 Å². The Kier molecular flexibility index (Phi) is 5.23. The van der Waals surface area contributed by atoms with Crippen molar-refractivity contribution in [1.29, 1.82) is 0 Å². The summed E-state index contributed by atoms with van der Waals surface area (Å²) in [6.45, 7) is 3.67. The van der Waals surface area contributed by atoms with E-state index in [0.717, 1.165) is 15.8 Å². The van der Waals surface area contributed by atoms with Gasteiger partial charge in [0.2, 0.25) is 18.0 Å². The highest BCUT2D eigenvalue weighted by Crippen LogP contribution is 2.38. The van der Waals surface area contributed by atoms with Gasteiger partial charge in [0.15, 0.2) is 0 Å². The second-order valence-electron chi connectivity index (χ2n) is 5.25. The molecule has 0 saturated carbocycles. The number of carbonyl (C=O) groups excluding carboxylic acids is 1. The molecule has 26 heavy (non-hydrogen) atoms. The van der Waals surface area contributed by atoms with Gasteiger partial charge in [-0.15, -0.1) is 5.10 Å². The van der Waals surface area contributed by atoms with Crippen molar-refractivity contribution >= 4 is 44.1 Å². The molecular weight excluding hydrogens is 426 g/mol. The second-order valence-corrected chi connectivity index (χ2v) is 7.26. The maximum atomic E-state index is 12.0. The van der Waals surface area contributed by atoms with E-state index in [1.165, 1.54) is 18.0 Å². The first-order valence-electron chi connectivity index (χ1n) is 7.62. The highest BCUT2D eigenvalue weighted by atomic mass is 79.9. The van der Waals surface area contributed by atoms with Crippen LogP contribution in [0.1, 0.15) is 30.5 Å². The van der Waals surface area contributed by atoms with Crippen molar-refractivity contribution in [3.8, 4) is 5.75 Å². The van der Waals surface area contributed by atoms with Crippen molar-refractivity contribution in [3.63, 3.8) is 0 Å². The van der Waals surface area contributed by atoms with Crippen LogP contribution in [-0.2, 0) is 9.53 Å². The van der Waals surface area contributed by atoms with E-state index < -0.39 is 11.2 Å². The molecule has 1 aliphatic heterocycles. The molecule has 0 saturated heterocycles. The molecule has 2 heterocycles. The third kappa shape index (κ3) is 3.56. The zero-order valence-electron chi connectivity index (χ0n) is 13.8. The number of carbonyl (C=O) groups is 1. The predicted octanol–water partition coefficient (Wildman–Crippen LogP) is 4.06. The Bertz CT molecular complexity index is 898. The Balaban J connectivity index is 1.98. The number of hydrazone groups is 1. The van der Waals surface area contributed by atoms with Crippen LogP contribution in [-0.4, -0.2) is 28.3 Å². The minimum Gasteiger partial charge on any atom is -0.493 e. The van der Waals surface area contributed by atoms with Crippen molar-refractivity contribution in [3.05, 3.63) is 55.4 Å². The quantitative estimate of drug-likeness (QED) is 0.517. The smallest absolute Gasteiger partial charge is 0.324 e. The Morgan fingerprint density at radius 3 is 2.85 bits per heavy atom. The van der Waals surface area contributed by atoms with Crippen LogP contribution in [0, 0.1) is 10.1 Å². The summed E-state index contributed by atoms with van der Waals surface area (Å²) in [6, 6.07) is 8.32. The average molecular weight is 440 g/mol. The normalized spacial score (nSPS) is 16.2. The Labute approximate surface area is 161 Å². The van der Waals surface area contributed by atoms with Gasteiger partial charge in [-0.25, -0.2) is 0 Å². The lowest BCUT2D eigenvalue weighted by Crippen LogP contribution is -2.24. The van der Waals surface area contributed by atoms with E-state index in [2.05, 4.69) is 21.0 Å². The molecular formula is C16H14BrN3O5S. The van der Waals surface area contributed by atoms with Gasteiger partial charge in [0.25, 0.3) is 0 Å². The lowest BCUT2D eigenvalue weighted by molar-refractivity contribution is -0.380. The van der Waals surface area contributed by atoms with Gasteiger partial charge < -0.3 is 9.47 Å². The van der Waals surface area contributed by atoms with Gasteiger partial charge in [0.05, 0.1) is 22.0 Å². The minimum atomic E-state index is -0.852. The fourth-order valence-corrected chi connectivity index (χ4v) is 3.58. The number of amides is 1. The molecule has 1 aliphatic rings. The van der Waals surface area contributed by atoms with E-state index in [-0.39, 0.29) is 16.8 Å². The van der Waals surface area contributed by atoms with E-state index in [0.29, 0.717) is 22.8 Å². The SMILES string of the molecule is CCOc1ccc(Br)cc1C1=NN(C(C)=O)[C@@H](c2ccc([N+](=O)[O-])s2)O1. The molecule has 0 aliphatic carbocycles. The van der Waals surface area contributed by atoms with Crippen LogP contribution in [0.3, 0.4) is 0 Å². The van der Waals surface area contributed by atoms with Gasteiger partial charge in [0, 0.05) is 17.5 Å². The largest absolute Gasteiger partial charge is 0.493 e. The Morgan fingerprint density at radius 1 is 1.46 bits per heavy atom. The Hall–Kier alpha value is -2.46. The monoisotopic (exact) mass is 439 g/mol. The van der Waals surface area contributed by atoms with Crippen LogP contribution in [0.5, 0.6) is 5.75 Å². The molecule has 0 spiro atoms. The molecule has 0 bridgehead atoms. The van der Waals surface area contributed by atoms with Gasteiger partial charge in [-0.2, -0.15) is 5.01 Å². The lowest BCUT2D eigenvalue weighted by atomic mass is 10.2. The first-order valence-corrected chi connectivity index (χ1v) is 9.23. The molecule has 0 fully saturated rings. The number of rotatable bonds is 5. The average Bonchev–Trinajstić information content (AvgIpc) is 3.23. The van der Waals surface area contributed by atoms with Crippen LogP contribution < -0.4 is 4.74 Å². The molecule has 10 heteroatoms. The van der Waals surface area contributed by atoms with Crippen molar-refractivity contribution in [2.45, 2.75) is 20.1 Å². The Morgan fingerprint density at radius 2 is 2.23 bits per heavy atom. The number of hydrogen-bond acceptors (Lipinski definition) is 7. The molecule has 0 N–H and O–H groups in total. The second kappa shape index (κ2) is 7.42. The minimum absolute atomic E-state index is 0.0296. The van der Waals surface area contributed by atoms with Gasteiger partial charge in [-0.3, -0.25) is 14.9 Å². The number of thiophene rings is 1. The fourth-order valence-electron chi connectivity index (χ4n) is 2.38. The van der Waals surface area contributed by atoms with Crippen LogP contribution in [0.2, 0.25) is 0 Å². The fraction of sp³-hybridized carbons (Fsp3) is 0.250. The van der Waals surface area contributed by atoms with Gasteiger partial charge in [-0.05, 0) is 31.2 Å². The molecule has 8 nitrogen and oxygen atoms in total. The van der Waals surface area contributed by atoms with Crippen LogP contribution in [0.15, 0.2) is 39.9 Å². The van der Waals surface area contributed by atoms with Gasteiger partial charge in [0.1, 0.15) is 5.75 Å². The summed E-state index contributed by atoms with van der Waals surface area (Å²) in [7, 11) is 0. The topological polar surface area (TPSA) is 94.3 Å². The van der Waals surface area contributed by atoms with Crippen molar-refractivity contribution < 1.29 is 19.2 Å². The number of benzene rings is 1. The summed E-state index contributed by atoms with van der Waals surface area (Å²) in [5.41, 5.74) is 0.584. The third-order valence-corrected chi connectivity index (χ3v) is 5.04. The number of nitrogens with zero attached hydrogens (tertiary/aromatic N) is 3. The van der Waals surface area contributed by atoms with Gasteiger partial charge in [-0.1, -0.05) is 27.3 Å². The first-order chi connectivity index (χ1) is 12.4. The maximum absolute atomic E-state index is 12.0. The van der Waals surface area contributed by atoms with Crippen LogP contribution in [0.25, 0.3) is 0 Å². The summed E-state index contributed by atoms with van der Waals surface area (Å²) >= 11 is 4.34. The third-order valence-electron chi connectivity index (χ3n) is 3.47. The van der Waals surface area contributed by atoms with Crippen molar-refractivity contribution in [2.75, 3.05) is 6.61 Å². The summed E-state index contributed by atoms with van der Waals surface area (Å²) in [5.74, 6) is 0.441.